The van der Waals surface area contributed by atoms with E-state index in [1.165, 1.54) is 27.4 Å². The standard InChI is InChI=1S/C23H27NO6/c1-27-18-15-20(29-3)19(28-2)14-17(18)23(26)30-21(16-10-6-4-7-11-16)22(25)24-12-8-5-9-13-24/h4,6-7,10-11,14-15,21H,5,8-9,12-13H2,1-3H3/t21-/m1/s1. The van der Waals surface area contributed by atoms with Gasteiger partial charge in [-0.15, -0.1) is 0 Å². The molecular formula is C23H27NO6. The summed E-state index contributed by atoms with van der Waals surface area (Å²) >= 11 is 0. The summed E-state index contributed by atoms with van der Waals surface area (Å²) in [6, 6.07) is 12.1. The molecule has 0 saturated carbocycles. The van der Waals surface area contributed by atoms with Crippen LogP contribution in [0.4, 0.5) is 0 Å². The van der Waals surface area contributed by atoms with Crippen molar-refractivity contribution in [2.45, 2.75) is 25.4 Å². The molecule has 1 fully saturated rings. The molecule has 1 aliphatic heterocycles. The van der Waals surface area contributed by atoms with E-state index in [4.69, 9.17) is 18.9 Å². The molecule has 0 N–H and O–H groups in total. The number of methoxy groups -OCH3 is 3. The van der Waals surface area contributed by atoms with Crippen LogP contribution in [-0.2, 0) is 9.53 Å². The number of nitrogens with zero attached hydrogens (tertiary/aromatic N) is 1. The molecule has 1 amide bonds. The summed E-state index contributed by atoms with van der Waals surface area (Å²) < 4.78 is 21.6. The zero-order chi connectivity index (χ0) is 21.5. The highest BCUT2D eigenvalue weighted by Crippen LogP contribution is 2.36. The topological polar surface area (TPSA) is 74.3 Å². The first-order valence-corrected chi connectivity index (χ1v) is 9.93. The summed E-state index contributed by atoms with van der Waals surface area (Å²) in [6.07, 6.45) is 1.97. The van der Waals surface area contributed by atoms with Gasteiger partial charge in [0.25, 0.3) is 5.91 Å². The fourth-order valence-electron chi connectivity index (χ4n) is 3.53. The van der Waals surface area contributed by atoms with Crippen LogP contribution in [-0.4, -0.2) is 51.2 Å². The van der Waals surface area contributed by atoms with Gasteiger partial charge in [-0.05, 0) is 19.3 Å². The number of esters is 1. The molecule has 7 heteroatoms. The van der Waals surface area contributed by atoms with Gasteiger partial charge in [-0.1, -0.05) is 30.3 Å². The highest BCUT2D eigenvalue weighted by molar-refractivity contribution is 5.96. The van der Waals surface area contributed by atoms with Crippen LogP contribution in [0.25, 0.3) is 0 Å². The maximum Gasteiger partial charge on any atom is 0.343 e. The Balaban J connectivity index is 1.92. The lowest BCUT2D eigenvalue weighted by atomic mass is 10.1. The molecular weight excluding hydrogens is 386 g/mol. The van der Waals surface area contributed by atoms with E-state index < -0.39 is 12.1 Å². The van der Waals surface area contributed by atoms with Gasteiger partial charge in [-0.2, -0.15) is 0 Å². The van der Waals surface area contributed by atoms with Crippen molar-refractivity contribution >= 4 is 11.9 Å². The SMILES string of the molecule is COc1cc(OC)c(C(=O)O[C@@H](C(=O)N2CCCCC2)c2ccccc2)cc1OC. The number of hydrogen-bond donors (Lipinski definition) is 0. The monoisotopic (exact) mass is 413 g/mol. The molecule has 0 aliphatic carbocycles. The summed E-state index contributed by atoms with van der Waals surface area (Å²) in [4.78, 5) is 28.1. The molecule has 7 nitrogen and oxygen atoms in total. The number of carbonyl (C=O) groups excluding carboxylic acids is 2. The maximum absolute atomic E-state index is 13.2. The minimum absolute atomic E-state index is 0.155. The maximum atomic E-state index is 13.2. The van der Waals surface area contributed by atoms with Gasteiger partial charge in [0.05, 0.1) is 21.3 Å². The summed E-state index contributed by atoms with van der Waals surface area (Å²) in [5, 5.41) is 0. The van der Waals surface area contributed by atoms with Crippen molar-refractivity contribution in [3.8, 4) is 17.2 Å². The van der Waals surface area contributed by atoms with Crippen molar-refractivity contribution in [3.63, 3.8) is 0 Å². The molecule has 30 heavy (non-hydrogen) atoms. The van der Waals surface area contributed by atoms with Gasteiger partial charge in [0, 0.05) is 30.8 Å². The number of carbonyl (C=O) groups is 2. The van der Waals surface area contributed by atoms with Crippen LogP contribution in [0.15, 0.2) is 42.5 Å². The Morgan fingerprint density at radius 2 is 1.43 bits per heavy atom. The van der Waals surface area contributed by atoms with Gasteiger partial charge in [0.15, 0.2) is 11.5 Å². The predicted octanol–water partition coefficient (Wildman–Crippen LogP) is 3.62. The molecule has 2 aromatic rings. The van der Waals surface area contributed by atoms with E-state index in [1.54, 1.807) is 23.1 Å². The highest BCUT2D eigenvalue weighted by Gasteiger charge is 2.31. The van der Waals surface area contributed by atoms with E-state index in [0.717, 1.165) is 19.3 Å². The molecule has 1 aliphatic rings. The second kappa shape index (κ2) is 10.0. The van der Waals surface area contributed by atoms with Crippen LogP contribution in [0, 0.1) is 0 Å². The lowest BCUT2D eigenvalue weighted by molar-refractivity contribution is -0.142. The second-order valence-electron chi connectivity index (χ2n) is 6.99. The average molecular weight is 413 g/mol. The van der Waals surface area contributed by atoms with Crippen LogP contribution in [0.1, 0.15) is 41.3 Å². The third-order valence-electron chi connectivity index (χ3n) is 5.14. The summed E-state index contributed by atoms with van der Waals surface area (Å²) in [7, 11) is 4.43. The first-order chi connectivity index (χ1) is 14.6. The van der Waals surface area contributed by atoms with Crippen LogP contribution >= 0.6 is 0 Å². The van der Waals surface area contributed by atoms with E-state index in [1.807, 2.05) is 18.2 Å². The molecule has 0 aromatic heterocycles. The minimum Gasteiger partial charge on any atom is -0.496 e. The summed E-state index contributed by atoms with van der Waals surface area (Å²) in [6.45, 7) is 1.33. The third kappa shape index (κ3) is 4.67. The summed E-state index contributed by atoms with van der Waals surface area (Å²) in [5.74, 6) is 0.175. The van der Waals surface area contributed by atoms with Crippen LogP contribution in [0.3, 0.4) is 0 Å². The molecule has 0 radical (unpaired) electrons. The minimum atomic E-state index is -1.03. The summed E-state index contributed by atoms with van der Waals surface area (Å²) in [5.41, 5.74) is 0.781. The molecule has 1 atom stereocenters. The van der Waals surface area contributed by atoms with Gasteiger partial charge >= 0.3 is 5.97 Å². The van der Waals surface area contributed by atoms with Crippen molar-refractivity contribution in [3.05, 3.63) is 53.6 Å². The second-order valence-corrected chi connectivity index (χ2v) is 6.99. The number of amides is 1. The Hall–Kier alpha value is -3.22. The quantitative estimate of drug-likeness (QED) is 0.646. The van der Waals surface area contributed by atoms with Gasteiger partial charge in [-0.3, -0.25) is 4.79 Å². The Bertz CT molecular complexity index is 877. The van der Waals surface area contributed by atoms with Gasteiger partial charge in [-0.25, -0.2) is 4.79 Å². The average Bonchev–Trinajstić information content (AvgIpc) is 2.82. The fraction of sp³-hybridized carbons (Fsp3) is 0.391. The Kier molecular flexibility index (Phi) is 7.17. The first kappa shape index (κ1) is 21.5. The number of likely N-dealkylation sites (tertiary alicyclic amines) is 1. The molecule has 160 valence electrons. The zero-order valence-electron chi connectivity index (χ0n) is 17.6. The van der Waals surface area contributed by atoms with Gasteiger partial charge < -0.3 is 23.8 Å². The number of ether oxygens (including phenoxy) is 4. The van der Waals surface area contributed by atoms with Crippen LogP contribution in [0.5, 0.6) is 17.2 Å². The van der Waals surface area contributed by atoms with Crippen molar-refractivity contribution in [2.75, 3.05) is 34.4 Å². The lowest BCUT2D eigenvalue weighted by Gasteiger charge is -2.30. The van der Waals surface area contributed by atoms with Gasteiger partial charge in [0.1, 0.15) is 11.3 Å². The van der Waals surface area contributed by atoms with Crippen molar-refractivity contribution in [1.82, 2.24) is 4.90 Å². The van der Waals surface area contributed by atoms with E-state index in [9.17, 15) is 9.59 Å². The predicted molar refractivity (Wildman–Crippen MR) is 111 cm³/mol. The number of benzene rings is 2. The number of hydrogen-bond acceptors (Lipinski definition) is 6. The van der Waals surface area contributed by atoms with E-state index >= 15 is 0 Å². The van der Waals surface area contributed by atoms with E-state index in [0.29, 0.717) is 30.2 Å². The number of rotatable bonds is 7. The molecule has 3 rings (SSSR count). The first-order valence-electron chi connectivity index (χ1n) is 9.93. The number of piperidine rings is 1. The van der Waals surface area contributed by atoms with E-state index in [2.05, 4.69) is 0 Å². The molecule has 2 aromatic carbocycles. The van der Waals surface area contributed by atoms with Crippen LogP contribution < -0.4 is 14.2 Å². The van der Waals surface area contributed by atoms with Crippen molar-refractivity contribution < 1.29 is 28.5 Å². The van der Waals surface area contributed by atoms with Crippen LogP contribution in [0.2, 0.25) is 0 Å². The lowest BCUT2D eigenvalue weighted by Crippen LogP contribution is -2.40. The molecule has 0 unspecified atom stereocenters. The molecule has 1 heterocycles. The van der Waals surface area contributed by atoms with E-state index in [-0.39, 0.29) is 17.2 Å². The van der Waals surface area contributed by atoms with Crippen molar-refractivity contribution in [2.24, 2.45) is 0 Å². The Labute approximate surface area is 176 Å². The fourth-order valence-corrected chi connectivity index (χ4v) is 3.53. The molecule has 1 saturated heterocycles. The Morgan fingerprint density at radius 3 is 2.03 bits per heavy atom. The third-order valence-corrected chi connectivity index (χ3v) is 5.14. The van der Waals surface area contributed by atoms with Crippen molar-refractivity contribution in [1.29, 1.82) is 0 Å². The molecule has 0 spiro atoms. The molecule has 0 bridgehead atoms. The smallest absolute Gasteiger partial charge is 0.343 e. The highest BCUT2D eigenvalue weighted by atomic mass is 16.6. The largest absolute Gasteiger partial charge is 0.496 e. The van der Waals surface area contributed by atoms with Gasteiger partial charge in [0.2, 0.25) is 6.10 Å². The zero-order valence-corrected chi connectivity index (χ0v) is 17.6. The Morgan fingerprint density at radius 1 is 0.833 bits per heavy atom. The normalized spacial score (nSPS) is 14.6.